The van der Waals surface area contributed by atoms with Crippen LogP contribution in [0.3, 0.4) is 0 Å². The molecule has 152 valence electrons. The molecule has 0 aliphatic heterocycles. The van der Waals surface area contributed by atoms with Crippen LogP contribution >= 0.6 is 0 Å². The lowest BCUT2D eigenvalue weighted by molar-refractivity contribution is 1.10. The first-order valence-corrected chi connectivity index (χ1v) is 10.3. The first kappa shape index (κ1) is 24.3. The first-order chi connectivity index (χ1) is 13.8. The lowest BCUT2D eigenvalue weighted by Crippen LogP contribution is -2.35. The van der Waals surface area contributed by atoms with Crippen LogP contribution in [0.1, 0.15) is 38.8 Å². The van der Waals surface area contributed by atoms with E-state index in [9.17, 15) is 0 Å². The van der Waals surface area contributed by atoms with Gasteiger partial charge in [-0.25, -0.2) is 0 Å². The van der Waals surface area contributed by atoms with Crippen molar-refractivity contribution in [1.29, 1.82) is 0 Å². The van der Waals surface area contributed by atoms with Gasteiger partial charge in [-0.2, -0.15) is 0 Å². The standard InChI is InChI=1S/C27H36BN/c1-10-14-16-23(7)29(9)27-25(15-11-2)24(13-4)19-20-26(27)28(8)22(6)18-17-21(5)12-3/h10-12,14-20H,1,3,7,13H2,2,4-6,8-9H3/b15-11-,16-14-,21-17+,22-18+. The van der Waals surface area contributed by atoms with Crippen LogP contribution < -0.4 is 10.4 Å². The van der Waals surface area contributed by atoms with E-state index in [2.05, 4.69) is 103 Å². The SMILES string of the molecule is C=C/C=C\C(=C)N(C)c1c(B(C)/C(C)=C/C=C(\C)C=C)ccc(CC)c1/C=C\C. The highest BCUT2D eigenvalue weighted by atomic mass is 15.1. The number of rotatable bonds is 10. The number of likely N-dealkylation sites (N-methyl/N-ethyl adjacent to an activating group) is 1. The van der Waals surface area contributed by atoms with E-state index >= 15 is 0 Å². The number of hydrogen-bond acceptors (Lipinski definition) is 1. The van der Waals surface area contributed by atoms with Crippen molar-refractivity contribution in [3.8, 4) is 0 Å². The summed E-state index contributed by atoms with van der Waals surface area (Å²) in [6.45, 7) is 23.0. The number of nitrogens with zero attached hydrogens (tertiary/aromatic N) is 1. The molecular formula is C27H36BN. The topological polar surface area (TPSA) is 3.24 Å². The molecule has 1 aromatic rings. The van der Waals surface area contributed by atoms with Gasteiger partial charge in [-0.1, -0.05) is 112 Å². The molecule has 0 aromatic heterocycles. The van der Waals surface area contributed by atoms with Crippen LogP contribution in [0, 0.1) is 0 Å². The van der Waals surface area contributed by atoms with Crippen LogP contribution in [0.4, 0.5) is 5.69 Å². The monoisotopic (exact) mass is 385 g/mol. The third-order valence-electron chi connectivity index (χ3n) is 5.32. The van der Waals surface area contributed by atoms with Crippen LogP contribution in [-0.4, -0.2) is 13.8 Å². The second kappa shape index (κ2) is 12.0. The van der Waals surface area contributed by atoms with E-state index in [1.54, 1.807) is 6.08 Å². The molecule has 1 nitrogen and oxygen atoms in total. The van der Waals surface area contributed by atoms with Crippen LogP contribution in [0.5, 0.6) is 0 Å². The number of benzene rings is 1. The van der Waals surface area contributed by atoms with Gasteiger partial charge in [0.1, 0.15) is 0 Å². The predicted octanol–water partition coefficient (Wildman–Crippen LogP) is 6.92. The molecule has 0 N–H and O–H groups in total. The predicted molar refractivity (Wildman–Crippen MR) is 136 cm³/mol. The van der Waals surface area contributed by atoms with E-state index < -0.39 is 0 Å². The van der Waals surface area contributed by atoms with Gasteiger partial charge in [-0.15, -0.1) is 0 Å². The maximum Gasteiger partial charge on any atom is 0.203 e. The second-order valence-corrected chi connectivity index (χ2v) is 7.32. The minimum Gasteiger partial charge on any atom is -0.345 e. The lowest BCUT2D eigenvalue weighted by Gasteiger charge is -2.29. The van der Waals surface area contributed by atoms with Gasteiger partial charge in [0, 0.05) is 24.0 Å². The van der Waals surface area contributed by atoms with Gasteiger partial charge in [-0.3, -0.25) is 0 Å². The molecule has 0 saturated heterocycles. The van der Waals surface area contributed by atoms with E-state index in [0.29, 0.717) is 0 Å². The zero-order chi connectivity index (χ0) is 22.0. The molecule has 0 heterocycles. The zero-order valence-electron chi connectivity index (χ0n) is 19.1. The van der Waals surface area contributed by atoms with E-state index in [4.69, 9.17) is 0 Å². The Labute approximate surface area is 179 Å². The Bertz CT molecular complexity index is 865. The molecule has 0 spiro atoms. The van der Waals surface area contributed by atoms with E-state index in [-0.39, 0.29) is 6.71 Å². The molecular weight excluding hydrogens is 349 g/mol. The fraction of sp³-hybridized carbons (Fsp3) is 0.259. The average molecular weight is 385 g/mol. The fourth-order valence-electron chi connectivity index (χ4n) is 3.21. The van der Waals surface area contributed by atoms with Crippen molar-refractivity contribution in [3.63, 3.8) is 0 Å². The van der Waals surface area contributed by atoms with Crippen LogP contribution in [0.15, 0.2) is 91.1 Å². The molecule has 0 fully saturated rings. The summed E-state index contributed by atoms with van der Waals surface area (Å²) in [5.41, 5.74) is 8.51. The van der Waals surface area contributed by atoms with Gasteiger partial charge < -0.3 is 4.90 Å². The molecule has 0 unspecified atom stereocenters. The summed E-state index contributed by atoms with van der Waals surface area (Å²) in [6, 6.07) is 4.53. The number of anilines is 1. The molecule has 0 aliphatic rings. The van der Waals surface area contributed by atoms with Crippen LogP contribution in [0.2, 0.25) is 6.82 Å². The normalized spacial score (nSPS) is 12.5. The van der Waals surface area contributed by atoms with Gasteiger partial charge >= 0.3 is 0 Å². The summed E-state index contributed by atoms with van der Waals surface area (Å²) in [7, 11) is 2.09. The Morgan fingerprint density at radius 3 is 2.41 bits per heavy atom. The largest absolute Gasteiger partial charge is 0.345 e. The van der Waals surface area contributed by atoms with E-state index in [1.165, 1.54) is 27.7 Å². The number of hydrogen-bond donors (Lipinski definition) is 0. The highest BCUT2D eigenvalue weighted by Crippen LogP contribution is 2.28. The Balaban J connectivity index is 3.67. The molecule has 0 radical (unpaired) electrons. The Morgan fingerprint density at radius 1 is 1.17 bits per heavy atom. The molecule has 2 heteroatoms. The molecule has 1 aromatic carbocycles. The van der Waals surface area contributed by atoms with Gasteiger partial charge in [0.2, 0.25) is 6.71 Å². The maximum atomic E-state index is 4.27. The highest BCUT2D eigenvalue weighted by molar-refractivity contribution is 6.80. The van der Waals surface area contributed by atoms with Crippen LogP contribution in [0.25, 0.3) is 6.08 Å². The second-order valence-electron chi connectivity index (χ2n) is 7.32. The van der Waals surface area contributed by atoms with Crippen molar-refractivity contribution in [3.05, 3.63) is 102 Å². The number of aryl methyl sites for hydroxylation is 1. The molecule has 29 heavy (non-hydrogen) atoms. The summed E-state index contributed by atoms with van der Waals surface area (Å²) in [5, 5.41) is 0. The zero-order valence-corrected chi connectivity index (χ0v) is 19.1. The quantitative estimate of drug-likeness (QED) is 0.312. The van der Waals surface area contributed by atoms with Crippen molar-refractivity contribution in [2.75, 3.05) is 11.9 Å². The molecule has 0 atom stereocenters. The van der Waals surface area contributed by atoms with Gasteiger partial charge in [0.15, 0.2) is 0 Å². The summed E-state index contributed by atoms with van der Waals surface area (Å²) >= 11 is 0. The van der Waals surface area contributed by atoms with Crippen molar-refractivity contribution < 1.29 is 0 Å². The molecule has 1 rings (SSSR count). The fourth-order valence-corrected chi connectivity index (χ4v) is 3.21. The Kier molecular flexibility index (Phi) is 10.0. The Morgan fingerprint density at radius 2 is 1.86 bits per heavy atom. The lowest BCUT2D eigenvalue weighted by atomic mass is 9.41. The smallest absolute Gasteiger partial charge is 0.203 e. The van der Waals surface area contributed by atoms with Gasteiger partial charge in [0.05, 0.1) is 0 Å². The van der Waals surface area contributed by atoms with Crippen molar-refractivity contribution in [2.24, 2.45) is 0 Å². The van der Waals surface area contributed by atoms with Crippen molar-refractivity contribution in [1.82, 2.24) is 0 Å². The molecule has 0 aliphatic carbocycles. The average Bonchev–Trinajstić information content (AvgIpc) is 2.74. The third kappa shape index (κ3) is 6.39. The minimum atomic E-state index is 0.271. The summed E-state index contributed by atoms with van der Waals surface area (Å²) in [4.78, 5) is 2.19. The maximum absolute atomic E-state index is 4.27. The Hall–Kier alpha value is -2.74. The summed E-state index contributed by atoms with van der Waals surface area (Å²) in [5.74, 6) is 0. The van der Waals surface area contributed by atoms with Crippen molar-refractivity contribution in [2.45, 2.75) is 40.9 Å². The molecule has 0 saturated carbocycles. The van der Waals surface area contributed by atoms with Gasteiger partial charge in [-0.05, 0) is 31.9 Å². The van der Waals surface area contributed by atoms with Crippen molar-refractivity contribution >= 4 is 23.9 Å². The molecule has 0 bridgehead atoms. The first-order valence-electron chi connectivity index (χ1n) is 10.3. The van der Waals surface area contributed by atoms with E-state index in [0.717, 1.165) is 17.7 Å². The molecule has 0 amide bonds. The summed E-state index contributed by atoms with van der Waals surface area (Å²) < 4.78 is 0. The van der Waals surface area contributed by atoms with E-state index in [1.807, 2.05) is 18.2 Å². The minimum absolute atomic E-state index is 0.271. The van der Waals surface area contributed by atoms with Crippen LogP contribution in [-0.2, 0) is 6.42 Å². The summed E-state index contributed by atoms with van der Waals surface area (Å²) in [6.07, 6.45) is 17.2. The third-order valence-corrected chi connectivity index (χ3v) is 5.32. The highest BCUT2D eigenvalue weighted by Gasteiger charge is 2.22. The van der Waals surface area contributed by atoms with Gasteiger partial charge in [0.25, 0.3) is 0 Å². The number of allylic oxidation sites excluding steroid dienone is 9.